The highest BCUT2D eigenvalue weighted by Crippen LogP contribution is 2.29. The monoisotopic (exact) mass is 411 g/mol. The average Bonchev–Trinajstić information content (AvgIpc) is 2.66. The Bertz CT molecular complexity index is 961. The maximum Gasteiger partial charge on any atom is 0.416 e. The van der Waals surface area contributed by atoms with Crippen molar-refractivity contribution in [1.29, 1.82) is 0 Å². The van der Waals surface area contributed by atoms with Crippen molar-refractivity contribution in [2.45, 2.75) is 24.9 Å². The number of halogens is 3. The molecule has 0 bridgehead atoms. The van der Waals surface area contributed by atoms with Gasteiger partial charge in [0.1, 0.15) is 0 Å². The number of nitrogens with zero attached hydrogens (tertiary/aromatic N) is 1. The van der Waals surface area contributed by atoms with E-state index in [1.165, 1.54) is 46.8 Å². The van der Waals surface area contributed by atoms with Gasteiger partial charge in [0, 0.05) is 18.7 Å². The van der Waals surface area contributed by atoms with E-state index in [-0.39, 0.29) is 16.0 Å². The number of rotatable bonds is 7. The van der Waals surface area contributed by atoms with Crippen molar-refractivity contribution < 1.29 is 26.4 Å². The van der Waals surface area contributed by atoms with Crippen molar-refractivity contribution >= 4 is 21.9 Å². The molecule has 0 aliphatic carbocycles. The van der Waals surface area contributed by atoms with Gasteiger partial charge in [-0.1, -0.05) is 32.1 Å². The van der Waals surface area contributed by atoms with Gasteiger partial charge in [-0.2, -0.15) is 17.5 Å². The Balaban J connectivity index is 2.19. The molecule has 0 N–H and O–H groups in total. The zero-order valence-electron chi connectivity index (χ0n) is 15.4. The van der Waals surface area contributed by atoms with Crippen LogP contribution in [0.25, 0.3) is 6.08 Å². The highest BCUT2D eigenvalue weighted by atomic mass is 32.2. The van der Waals surface area contributed by atoms with Crippen molar-refractivity contribution in [2.75, 3.05) is 13.1 Å². The number of allylic oxidation sites excluding steroid dienone is 1. The zero-order valence-corrected chi connectivity index (χ0v) is 16.2. The van der Waals surface area contributed by atoms with Crippen LogP contribution in [0.3, 0.4) is 0 Å². The van der Waals surface area contributed by atoms with Crippen molar-refractivity contribution in [1.82, 2.24) is 4.31 Å². The second-order valence-corrected chi connectivity index (χ2v) is 7.87. The van der Waals surface area contributed by atoms with Crippen LogP contribution < -0.4 is 0 Å². The van der Waals surface area contributed by atoms with Crippen molar-refractivity contribution in [2.24, 2.45) is 0 Å². The number of hydrogen-bond acceptors (Lipinski definition) is 3. The van der Waals surface area contributed by atoms with E-state index in [0.29, 0.717) is 13.1 Å². The molecular weight excluding hydrogens is 391 g/mol. The molecule has 0 heterocycles. The molecule has 28 heavy (non-hydrogen) atoms. The lowest BCUT2D eigenvalue weighted by Crippen LogP contribution is -2.30. The highest BCUT2D eigenvalue weighted by molar-refractivity contribution is 7.89. The van der Waals surface area contributed by atoms with E-state index < -0.39 is 27.5 Å². The standard InChI is InChI=1S/C20H20F3NO3S/c1-3-24(4-2)28(26,27)18-11-9-16(10-12-18)19(25)13-8-15-6-5-7-17(14-15)20(21,22)23/h5-14H,3-4H2,1-2H3. The molecular formula is C20H20F3NO3S. The number of sulfonamides is 1. The molecule has 2 aromatic rings. The minimum absolute atomic E-state index is 0.0783. The highest BCUT2D eigenvalue weighted by Gasteiger charge is 2.30. The molecule has 0 atom stereocenters. The van der Waals surface area contributed by atoms with Gasteiger partial charge in [0.2, 0.25) is 10.0 Å². The minimum atomic E-state index is -4.46. The summed E-state index contributed by atoms with van der Waals surface area (Å²) in [6.07, 6.45) is -2.01. The molecule has 0 aliphatic rings. The summed E-state index contributed by atoms with van der Waals surface area (Å²) in [6.45, 7) is 4.13. The normalized spacial score (nSPS) is 12.6. The topological polar surface area (TPSA) is 54.5 Å². The van der Waals surface area contributed by atoms with Crippen LogP contribution in [0.2, 0.25) is 0 Å². The summed E-state index contributed by atoms with van der Waals surface area (Å²) in [5.74, 6) is -0.441. The lowest BCUT2D eigenvalue weighted by atomic mass is 10.1. The Morgan fingerprint density at radius 2 is 1.64 bits per heavy atom. The quantitative estimate of drug-likeness (QED) is 0.493. The summed E-state index contributed by atoms with van der Waals surface area (Å²) in [7, 11) is -3.62. The van der Waals surface area contributed by atoms with Crippen LogP contribution in [0.4, 0.5) is 13.2 Å². The van der Waals surface area contributed by atoms with Crippen LogP contribution >= 0.6 is 0 Å². The third kappa shape index (κ3) is 5.08. The molecule has 0 unspecified atom stereocenters. The van der Waals surface area contributed by atoms with E-state index in [9.17, 15) is 26.4 Å². The van der Waals surface area contributed by atoms with Gasteiger partial charge < -0.3 is 0 Å². The first-order chi connectivity index (χ1) is 13.1. The number of ketones is 1. The second kappa shape index (κ2) is 8.70. The van der Waals surface area contributed by atoms with Crippen molar-refractivity contribution in [3.8, 4) is 0 Å². The van der Waals surface area contributed by atoms with Gasteiger partial charge in [-0.3, -0.25) is 4.79 Å². The largest absolute Gasteiger partial charge is 0.416 e. The molecule has 0 aromatic heterocycles. The maximum atomic E-state index is 12.7. The maximum absolute atomic E-state index is 12.7. The van der Waals surface area contributed by atoms with E-state index in [1.807, 2.05) is 0 Å². The van der Waals surface area contributed by atoms with E-state index in [1.54, 1.807) is 13.8 Å². The van der Waals surface area contributed by atoms with Crippen molar-refractivity contribution in [3.63, 3.8) is 0 Å². The number of carbonyl (C=O) groups is 1. The number of carbonyl (C=O) groups excluding carboxylic acids is 1. The lowest BCUT2D eigenvalue weighted by molar-refractivity contribution is -0.137. The fourth-order valence-electron chi connectivity index (χ4n) is 2.59. The summed E-state index contributed by atoms with van der Waals surface area (Å²) in [4.78, 5) is 12.3. The van der Waals surface area contributed by atoms with Gasteiger partial charge in [0.15, 0.2) is 5.78 Å². The fourth-order valence-corrected chi connectivity index (χ4v) is 4.05. The first-order valence-corrected chi connectivity index (χ1v) is 10.0. The van der Waals surface area contributed by atoms with Crippen LogP contribution in [0.15, 0.2) is 59.5 Å². The van der Waals surface area contributed by atoms with E-state index >= 15 is 0 Å². The molecule has 150 valence electrons. The van der Waals surface area contributed by atoms with Crippen LogP contribution in [0.5, 0.6) is 0 Å². The number of benzene rings is 2. The van der Waals surface area contributed by atoms with Gasteiger partial charge in [-0.25, -0.2) is 8.42 Å². The van der Waals surface area contributed by atoms with E-state index in [0.717, 1.165) is 18.2 Å². The molecule has 2 aromatic carbocycles. The molecule has 0 fully saturated rings. The predicted octanol–water partition coefficient (Wildman–Crippen LogP) is 4.63. The Labute approximate surface area is 162 Å². The van der Waals surface area contributed by atoms with Gasteiger partial charge in [0.05, 0.1) is 10.5 Å². The Morgan fingerprint density at radius 3 is 2.18 bits per heavy atom. The average molecular weight is 411 g/mol. The fraction of sp³-hybridized carbons (Fsp3) is 0.250. The van der Waals surface area contributed by atoms with Gasteiger partial charge in [-0.05, 0) is 48.0 Å². The molecule has 0 radical (unpaired) electrons. The molecule has 2 rings (SSSR count). The van der Waals surface area contributed by atoms with Gasteiger partial charge in [-0.15, -0.1) is 0 Å². The second-order valence-electron chi connectivity index (χ2n) is 5.93. The first kappa shape index (κ1) is 21.8. The molecule has 0 saturated carbocycles. The smallest absolute Gasteiger partial charge is 0.289 e. The summed E-state index contributed by atoms with van der Waals surface area (Å²) in [5, 5.41) is 0. The van der Waals surface area contributed by atoms with Gasteiger partial charge >= 0.3 is 6.18 Å². The zero-order chi connectivity index (χ0) is 20.9. The third-order valence-electron chi connectivity index (χ3n) is 4.12. The summed E-state index contributed by atoms with van der Waals surface area (Å²) >= 11 is 0. The van der Waals surface area contributed by atoms with Crippen LogP contribution in [0, 0.1) is 0 Å². The summed E-state index contributed by atoms with van der Waals surface area (Å²) in [6, 6.07) is 10.1. The van der Waals surface area contributed by atoms with Crippen LogP contribution in [-0.2, 0) is 16.2 Å². The molecule has 0 saturated heterocycles. The lowest BCUT2D eigenvalue weighted by Gasteiger charge is -2.18. The summed E-state index contributed by atoms with van der Waals surface area (Å²) in [5.41, 5.74) is -0.321. The molecule has 0 spiro atoms. The third-order valence-corrected chi connectivity index (χ3v) is 6.19. The molecule has 0 amide bonds. The van der Waals surface area contributed by atoms with E-state index in [2.05, 4.69) is 0 Å². The number of hydrogen-bond donors (Lipinski definition) is 0. The number of alkyl halides is 3. The Kier molecular flexibility index (Phi) is 6.79. The van der Waals surface area contributed by atoms with Crippen LogP contribution in [-0.4, -0.2) is 31.6 Å². The predicted molar refractivity (Wildman–Crippen MR) is 101 cm³/mol. The Morgan fingerprint density at radius 1 is 1.04 bits per heavy atom. The van der Waals surface area contributed by atoms with Crippen LogP contribution in [0.1, 0.15) is 35.3 Å². The molecule has 4 nitrogen and oxygen atoms in total. The molecule has 8 heteroatoms. The van der Waals surface area contributed by atoms with Crippen molar-refractivity contribution in [3.05, 3.63) is 71.3 Å². The Hall–Kier alpha value is -2.45. The SMILES string of the molecule is CCN(CC)S(=O)(=O)c1ccc(C(=O)C=Cc2cccc(C(F)(F)F)c2)cc1. The van der Waals surface area contributed by atoms with E-state index in [4.69, 9.17) is 0 Å². The first-order valence-electron chi connectivity index (χ1n) is 8.59. The molecule has 0 aliphatic heterocycles. The van der Waals surface area contributed by atoms with Gasteiger partial charge in [0.25, 0.3) is 0 Å². The summed E-state index contributed by atoms with van der Waals surface area (Å²) < 4.78 is 64.4. The minimum Gasteiger partial charge on any atom is -0.289 e.